The van der Waals surface area contributed by atoms with Crippen LogP contribution in [0.1, 0.15) is 23.2 Å². The summed E-state index contributed by atoms with van der Waals surface area (Å²) in [6, 6.07) is 0. The molecule has 1 heterocycles. The van der Waals surface area contributed by atoms with E-state index < -0.39 is 27.3 Å². The van der Waals surface area contributed by atoms with Crippen molar-refractivity contribution >= 4 is 22.6 Å². The van der Waals surface area contributed by atoms with Gasteiger partial charge in [-0.05, 0) is 29.5 Å². The number of pyridine rings is 1. The van der Waals surface area contributed by atoms with Crippen LogP contribution in [0.15, 0.2) is 6.20 Å². The van der Waals surface area contributed by atoms with Crippen LogP contribution in [0.4, 0.5) is 22.0 Å². The van der Waals surface area contributed by atoms with E-state index >= 15 is 0 Å². The normalized spacial score (nSPS) is 12.3. The summed E-state index contributed by atoms with van der Waals surface area (Å²) in [4.78, 5) is 3.32. The quantitative estimate of drug-likeness (QED) is 0.559. The fourth-order valence-corrected chi connectivity index (χ4v) is 2.11. The first-order valence-corrected chi connectivity index (χ1v) is 4.83. The van der Waals surface area contributed by atoms with Gasteiger partial charge in [0.25, 0.3) is 6.43 Å². The zero-order chi connectivity index (χ0) is 11.8. The fourth-order valence-electron chi connectivity index (χ4n) is 1.04. The molecule has 0 aliphatic carbocycles. The predicted octanol–water partition coefficient (Wildman–Crippen LogP) is 3.95. The molecule has 84 valence electrons. The summed E-state index contributed by atoms with van der Waals surface area (Å²) in [6.07, 6.45) is -7.03. The van der Waals surface area contributed by atoms with Crippen LogP contribution in [0.25, 0.3) is 0 Å². The van der Waals surface area contributed by atoms with Gasteiger partial charge in [0, 0.05) is 15.5 Å². The molecule has 0 atom stereocenters. The van der Waals surface area contributed by atoms with Crippen LogP contribution in [0.5, 0.6) is 0 Å². The van der Waals surface area contributed by atoms with Crippen molar-refractivity contribution in [1.29, 1.82) is 0 Å². The van der Waals surface area contributed by atoms with Gasteiger partial charge in [-0.2, -0.15) is 13.2 Å². The largest absolute Gasteiger partial charge is 0.418 e. The van der Waals surface area contributed by atoms with Gasteiger partial charge in [-0.1, -0.05) is 0 Å². The number of nitrogens with zero attached hydrogens (tertiary/aromatic N) is 1. The smallest absolute Gasteiger partial charge is 0.260 e. The number of halogens is 6. The van der Waals surface area contributed by atoms with Crippen LogP contribution < -0.4 is 0 Å². The average Bonchev–Trinajstić information content (AvgIpc) is 2.00. The van der Waals surface area contributed by atoms with E-state index in [2.05, 4.69) is 4.98 Å². The molecule has 0 N–H and O–H groups in total. The summed E-state index contributed by atoms with van der Waals surface area (Å²) in [5.41, 5.74) is -1.85. The van der Waals surface area contributed by atoms with E-state index in [1.807, 2.05) is 0 Å². The number of aromatic nitrogens is 1. The minimum Gasteiger partial charge on any atom is -0.260 e. The highest BCUT2D eigenvalue weighted by Gasteiger charge is 2.36. The first kappa shape index (κ1) is 12.6. The standard InChI is InChI=1S/C8H5F5IN/c1-3-5(7(9)10)6(14)4(2-15-3)8(11,12)13/h2,7H,1H3. The fraction of sp³-hybridized carbons (Fsp3) is 0.375. The lowest BCUT2D eigenvalue weighted by atomic mass is 10.1. The van der Waals surface area contributed by atoms with E-state index in [9.17, 15) is 22.0 Å². The third-order valence-electron chi connectivity index (χ3n) is 1.77. The second-order valence-electron chi connectivity index (χ2n) is 2.78. The molecule has 0 saturated heterocycles. The summed E-state index contributed by atoms with van der Waals surface area (Å²) in [6.45, 7) is 1.25. The van der Waals surface area contributed by atoms with Crippen molar-refractivity contribution in [2.75, 3.05) is 0 Å². The molecule has 0 saturated carbocycles. The van der Waals surface area contributed by atoms with E-state index in [1.54, 1.807) is 0 Å². The second kappa shape index (κ2) is 4.18. The Labute approximate surface area is 95.8 Å². The maximum atomic E-state index is 12.4. The minimum atomic E-state index is -4.65. The molecule has 0 spiro atoms. The van der Waals surface area contributed by atoms with Gasteiger partial charge in [-0.25, -0.2) is 8.78 Å². The van der Waals surface area contributed by atoms with Crippen LogP contribution in [0.3, 0.4) is 0 Å². The summed E-state index contributed by atoms with van der Waals surface area (Å²) >= 11 is 1.27. The highest BCUT2D eigenvalue weighted by atomic mass is 127. The van der Waals surface area contributed by atoms with Crippen LogP contribution in [0, 0.1) is 10.5 Å². The van der Waals surface area contributed by atoms with Gasteiger partial charge in [-0.15, -0.1) is 0 Å². The van der Waals surface area contributed by atoms with Crippen LogP contribution in [-0.4, -0.2) is 4.98 Å². The summed E-state index contributed by atoms with van der Waals surface area (Å²) < 4.78 is 61.4. The Kier molecular flexibility index (Phi) is 3.51. The van der Waals surface area contributed by atoms with Crippen LogP contribution in [-0.2, 0) is 6.18 Å². The Morgan fingerprint density at radius 2 is 1.87 bits per heavy atom. The van der Waals surface area contributed by atoms with E-state index in [-0.39, 0.29) is 5.69 Å². The SMILES string of the molecule is Cc1ncc(C(F)(F)F)c(I)c1C(F)F. The Morgan fingerprint density at radius 1 is 1.33 bits per heavy atom. The number of hydrogen-bond acceptors (Lipinski definition) is 1. The summed E-state index contributed by atoms with van der Waals surface area (Å²) in [5, 5.41) is 0. The van der Waals surface area contributed by atoms with Gasteiger partial charge in [0.1, 0.15) is 0 Å². The van der Waals surface area contributed by atoms with Crippen molar-refractivity contribution in [2.24, 2.45) is 0 Å². The Balaban J connectivity index is 3.42. The maximum Gasteiger partial charge on any atom is 0.418 e. The Morgan fingerprint density at radius 3 is 2.27 bits per heavy atom. The van der Waals surface area contributed by atoms with E-state index in [0.29, 0.717) is 6.20 Å². The summed E-state index contributed by atoms with van der Waals surface area (Å²) in [7, 11) is 0. The van der Waals surface area contributed by atoms with Gasteiger partial charge in [0.15, 0.2) is 0 Å². The second-order valence-corrected chi connectivity index (χ2v) is 3.86. The third kappa shape index (κ3) is 2.56. The van der Waals surface area contributed by atoms with Crippen molar-refractivity contribution in [2.45, 2.75) is 19.5 Å². The van der Waals surface area contributed by atoms with E-state index in [0.717, 1.165) is 0 Å². The molecule has 0 aliphatic heterocycles. The van der Waals surface area contributed by atoms with Gasteiger partial charge in [-0.3, -0.25) is 4.98 Å². The van der Waals surface area contributed by atoms with Gasteiger partial charge in [0.05, 0.1) is 11.1 Å². The van der Waals surface area contributed by atoms with Crippen LogP contribution in [0.2, 0.25) is 0 Å². The average molecular weight is 337 g/mol. The Hall–Kier alpha value is -0.470. The molecule has 7 heteroatoms. The van der Waals surface area contributed by atoms with Gasteiger partial charge in [0.2, 0.25) is 0 Å². The molecule has 0 fully saturated rings. The predicted molar refractivity (Wildman–Crippen MR) is 51.7 cm³/mol. The number of hydrogen-bond donors (Lipinski definition) is 0. The molecule has 0 amide bonds. The topological polar surface area (TPSA) is 12.9 Å². The van der Waals surface area contributed by atoms with E-state index in [1.165, 1.54) is 29.5 Å². The lowest BCUT2D eigenvalue weighted by Crippen LogP contribution is -2.12. The molecular weight excluding hydrogens is 332 g/mol. The lowest BCUT2D eigenvalue weighted by Gasteiger charge is -2.13. The molecule has 1 rings (SSSR count). The molecule has 0 aromatic carbocycles. The highest BCUT2D eigenvalue weighted by molar-refractivity contribution is 14.1. The monoisotopic (exact) mass is 337 g/mol. The van der Waals surface area contributed by atoms with Gasteiger partial charge < -0.3 is 0 Å². The zero-order valence-corrected chi connectivity index (χ0v) is 9.53. The molecule has 15 heavy (non-hydrogen) atoms. The molecule has 0 bridgehead atoms. The van der Waals surface area contributed by atoms with Gasteiger partial charge >= 0.3 is 6.18 Å². The summed E-state index contributed by atoms with van der Waals surface area (Å²) in [5.74, 6) is 0. The molecule has 0 aliphatic rings. The molecule has 1 nitrogen and oxygen atoms in total. The van der Waals surface area contributed by atoms with Crippen molar-refractivity contribution < 1.29 is 22.0 Å². The molecule has 1 aromatic heterocycles. The maximum absolute atomic E-state index is 12.4. The third-order valence-corrected chi connectivity index (χ3v) is 2.94. The van der Waals surface area contributed by atoms with E-state index in [4.69, 9.17) is 0 Å². The molecule has 1 aromatic rings. The number of rotatable bonds is 1. The lowest BCUT2D eigenvalue weighted by molar-refractivity contribution is -0.138. The minimum absolute atomic E-state index is 0.0811. The first-order valence-electron chi connectivity index (χ1n) is 3.75. The first-order chi connectivity index (χ1) is 6.75. The highest BCUT2D eigenvalue weighted by Crippen LogP contribution is 2.37. The number of alkyl halides is 5. The molecular formula is C8H5F5IN. The van der Waals surface area contributed by atoms with Crippen molar-refractivity contribution in [3.63, 3.8) is 0 Å². The van der Waals surface area contributed by atoms with Crippen molar-refractivity contribution in [1.82, 2.24) is 4.98 Å². The van der Waals surface area contributed by atoms with Crippen molar-refractivity contribution in [3.05, 3.63) is 26.6 Å². The van der Waals surface area contributed by atoms with Crippen molar-refractivity contribution in [3.8, 4) is 0 Å². The number of aryl methyl sites for hydroxylation is 1. The molecule has 0 radical (unpaired) electrons. The zero-order valence-electron chi connectivity index (χ0n) is 7.37. The molecule has 0 unspecified atom stereocenters. The Bertz CT molecular complexity index is 374. The van der Waals surface area contributed by atoms with Crippen LogP contribution >= 0.6 is 22.6 Å².